The Labute approximate surface area is 118 Å². The predicted octanol–water partition coefficient (Wildman–Crippen LogP) is 3.81. The van der Waals surface area contributed by atoms with Crippen LogP contribution < -0.4 is 15.8 Å². The van der Waals surface area contributed by atoms with Crippen LogP contribution in [0, 0.1) is 5.82 Å². The molecule has 3 nitrogen and oxygen atoms in total. The van der Waals surface area contributed by atoms with E-state index in [0.717, 1.165) is 5.69 Å². The van der Waals surface area contributed by atoms with Crippen molar-refractivity contribution >= 4 is 11.4 Å². The van der Waals surface area contributed by atoms with Crippen LogP contribution in [0.1, 0.15) is 19.4 Å². The first-order chi connectivity index (χ1) is 9.54. The first kappa shape index (κ1) is 14.2. The van der Waals surface area contributed by atoms with Gasteiger partial charge in [0.15, 0.2) is 0 Å². The van der Waals surface area contributed by atoms with E-state index in [9.17, 15) is 4.39 Å². The number of benzene rings is 2. The summed E-state index contributed by atoms with van der Waals surface area (Å²) < 4.78 is 19.2. The molecule has 0 bridgehead atoms. The number of rotatable bonds is 5. The van der Waals surface area contributed by atoms with Crippen molar-refractivity contribution in [1.82, 2.24) is 0 Å². The maximum absolute atomic E-state index is 13.5. The first-order valence-electron chi connectivity index (χ1n) is 6.59. The molecule has 0 heterocycles. The normalized spacial score (nSPS) is 10.6. The molecule has 0 aromatic heterocycles. The van der Waals surface area contributed by atoms with E-state index in [2.05, 4.69) is 5.32 Å². The third-order valence-electron chi connectivity index (χ3n) is 2.74. The second-order valence-corrected chi connectivity index (χ2v) is 4.90. The van der Waals surface area contributed by atoms with E-state index in [0.29, 0.717) is 23.5 Å². The number of nitrogens with one attached hydrogen (secondary N) is 1. The van der Waals surface area contributed by atoms with Gasteiger partial charge in [-0.3, -0.25) is 0 Å². The number of hydrogen-bond donors (Lipinski definition) is 2. The Hall–Kier alpha value is -2.23. The Morgan fingerprint density at radius 3 is 2.65 bits per heavy atom. The fourth-order valence-electron chi connectivity index (χ4n) is 1.90. The van der Waals surface area contributed by atoms with Crippen molar-refractivity contribution in [2.75, 3.05) is 11.1 Å². The van der Waals surface area contributed by atoms with Crippen LogP contribution in [-0.2, 0) is 6.54 Å². The van der Waals surface area contributed by atoms with E-state index in [1.54, 1.807) is 24.3 Å². The minimum Gasteiger partial charge on any atom is -0.491 e. The summed E-state index contributed by atoms with van der Waals surface area (Å²) >= 11 is 0. The summed E-state index contributed by atoms with van der Waals surface area (Å²) in [7, 11) is 0. The molecule has 0 amide bonds. The van der Waals surface area contributed by atoms with E-state index >= 15 is 0 Å². The maximum Gasteiger partial charge on any atom is 0.128 e. The monoisotopic (exact) mass is 274 g/mol. The molecular formula is C16H19FN2O. The van der Waals surface area contributed by atoms with Gasteiger partial charge in [-0.25, -0.2) is 4.39 Å². The lowest BCUT2D eigenvalue weighted by atomic mass is 10.2. The van der Waals surface area contributed by atoms with Crippen molar-refractivity contribution in [1.29, 1.82) is 0 Å². The molecule has 2 rings (SSSR count). The van der Waals surface area contributed by atoms with Gasteiger partial charge in [-0.05, 0) is 26.0 Å². The molecule has 0 saturated heterocycles. The molecule has 3 N–H and O–H groups in total. The zero-order chi connectivity index (χ0) is 14.5. The van der Waals surface area contributed by atoms with Gasteiger partial charge in [0.2, 0.25) is 0 Å². The number of hydrogen-bond acceptors (Lipinski definition) is 3. The van der Waals surface area contributed by atoms with Crippen LogP contribution >= 0.6 is 0 Å². The fraction of sp³-hybridized carbons (Fsp3) is 0.250. The van der Waals surface area contributed by atoms with Crippen LogP contribution in [0.3, 0.4) is 0 Å². The molecule has 0 atom stereocenters. The molecule has 0 saturated carbocycles. The lowest BCUT2D eigenvalue weighted by molar-refractivity contribution is 0.242. The van der Waals surface area contributed by atoms with Crippen molar-refractivity contribution in [2.24, 2.45) is 0 Å². The highest BCUT2D eigenvalue weighted by molar-refractivity contribution is 5.59. The lowest BCUT2D eigenvalue weighted by Crippen LogP contribution is -2.07. The quantitative estimate of drug-likeness (QED) is 0.815. The second kappa shape index (κ2) is 6.28. The lowest BCUT2D eigenvalue weighted by Gasteiger charge is -2.13. The van der Waals surface area contributed by atoms with Crippen molar-refractivity contribution in [2.45, 2.75) is 26.5 Å². The van der Waals surface area contributed by atoms with Crippen molar-refractivity contribution < 1.29 is 9.13 Å². The van der Waals surface area contributed by atoms with Gasteiger partial charge >= 0.3 is 0 Å². The Balaban J connectivity index is 2.09. The van der Waals surface area contributed by atoms with Crippen LogP contribution in [0.25, 0.3) is 0 Å². The first-order valence-corrected chi connectivity index (χ1v) is 6.59. The van der Waals surface area contributed by atoms with E-state index in [-0.39, 0.29) is 11.9 Å². The zero-order valence-electron chi connectivity index (χ0n) is 11.7. The molecule has 106 valence electrons. The summed E-state index contributed by atoms with van der Waals surface area (Å²) in [5.41, 5.74) is 7.87. The molecule has 2 aromatic rings. The second-order valence-electron chi connectivity index (χ2n) is 4.90. The Kier molecular flexibility index (Phi) is 4.45. The molecule has 2 aromatic carbocycles. The summed E-state index contributed by atoms with van der Waals surface area (Å²) in [4.78, 5) is 0. The van der Waals surface area contributed by atoms with E-state index < -0.39 is 0 Å². The average molecular weight is 274 g/mol. The third kappa shape index (κ3) is 3.88. The van der Waals surface area contributed by atoms with E-state index in [1.165, 1.54) is 6.07 Å². The van der Waals surface area contributed by atoms with Gasteiger partial charge in [0.05, 0.1) is 6.10 Å². The van der Waals surface area contributed by atoms with Crippen molar-refractivity contribution in [3.63, 3.8) is 0 Å². The minimum atomic E-state index is -0.220. The topological polar surface area (TPSA) is 47.3 Å². The summed E-state index contributed by atoms with van der Waals surface area (Å²) in [6, 6.07) is 12.1. The number of halogens is 1. The molecule has 4 heteroatoms. The van der Waals surface area contributed by atoms with Crippen LogP contribution in [0.15, 0.2) is 42.5 Å². The van der Waals surface area contributed by atoms with E-state index in [1.807, 2.05) is 26.0 Å². The van der Waals surface area contributed by atoms with Crippen LogP contribution in [0.5, 0.6) is 5.75 Å². The third-order valence-corrected chi connectivity index (χ3v) is 2.74. The average Bonchev–Trinajstić information content (AvgIpc) is 2.36. The Bertz CT molecular complexity index is 584. The standard InChI is InChI=1S/C16H19FN2O/c1-11(2)20-15-8-13(18)7-14(9-15)19-10-12-5-3-4-6-16(12)17/h3-9,11,19H,10,18H2,1-2H3. The Morgan fingerprint density at radius 2 is 1.95 bits per heavy atom. The molecule has 20 heavy (non-hydrogen) atoms. The highest BCUT2D eigenvalue weighted by atomic mass is 19.1. The number of nitrogens with two attached hydrogens (primary N) is 1. The molecule has 0 fully saturated rings. The summed E-state index contributed by atoms with van der Waals surface area (Å²) in [6.07, 6.45) is 0.0798. The van der Waals surface area contributed by atoms with Gasteiger partial charge in [-0.1, -0.05) is 18.2 Å². The van der Waals surface area contributed by atoms with Gasteiger partial charge in [-0.2, -0.15) is 0 Å². The van der Waals surface area contributed by atoms with Gasteiger partial charge in [-0.15, -0.1) is 0 Å². The fourth-order valence-corrected chi connectivity index (χ4v) is 1.90. The molecule has 0 radical (unpaired) electrons. The predicted molar refractivity (Wildman–Crippen MR) is 80.3 cm³/mol. The highest BCUT2D eigenvalue weighted by Crippen LogP contribution is 2.24. The molecular weight excluding hydrogens is 255 g/mol. The summed E-state index contributed by atoms with van der Waals surface area (Å²) in [5, 5.41) is 3.16. The number of ether oxygens (including phenoxy) is 1. The van der Waals surface area contributed by atoms with Crippen LogP contribution in [0.4, 0.5) is 15.8 Å². The highest BCUT2D eigenvalue weighted by Gasteiger charge is 2.04. The SMILES string of the molecule is CC(C)Oc1cc(N)cc(NCc2ccccc2F)c1. The molecule has 0 aliphatic rings. The molecule has 0 unspecified atom stereocenters. The maximum atomic E-state index is 13.5. The molecule has 0 aliphatic heterocycles. The molecule has 0 spiro atoms. The van der Waals surface area contributed by atoms with Crippen LogP contribution in [0.2, 0.25) is 0 Å². The van der Waals surface area contributed by atoms with Crippen LogP contribution in [-0.4, -0.2) is 6.10 Å². The smallest absolute Gasteiger partial charge is 0.128 e. The Morgan fingerprint density at radius 1 is 1.20 bits per heavy atom. The van der Waals surface area contributed by atoms with Gasteiger partial charge in [0, 0.05) is 35.6 Å². The number of anilines is 2. The summed E-state index contributed by atoms with van der Waals surface area (Å²) in [5.74, 6) is 0.485. The van der Waals surface area contributed by atoms with E-state index in [4.69, 9.17) is 10.5 Å². The summed E-state index contributed by atoms with van der Waals surface area (Å²) in [6.45, 7) is 4.31. The van der Waals surface area contributed by atoms with Crippen molar-refractivity contribution in [3.05, 3.63) is 53.8 Å². The zero-order valence-corrected chi connectivity index (χ0v) is 11.7. The minimum absolute atomic E-state index is 0.0798. The van der Waals surface area contributed by atoms with Gasteiger partial charge in [0.1, 0.15) is 11.6 Å². The van der Waals surface area contributed by atoms with Crippen molar-refractivity contribution in [3.8, 4) is 5.75 Å². The number of nitrogen functional groups attached to an aromatic ring is 1. The molecule has 0 aliphatic carbocycles. The largest absolute Gasteiger partial charge is 0.491 e. The van der Waals surface area contributed by atoms with Gasteiger partial charge in [0.25, 0.3) is 0 Å². The van der Waals surface area contributed by atoms with Gasteiger partial charge < -0.3 is 15.8 Å².